The predicted octanol–water partition coefficient (Wildman–Crippen LogP) is -2.13. The molecule has 0 spiro atoms. The molecule has 0 aromatic rings. The number of hydrogen-bond acceptors (Lipinski definition) is 4. The first-order valence-electron chi connectivity index (χ1n) is 2.61. The first kappa shape index (κ1) is 10.1. The zero-order chi connectivity index (χ0) is 8.91. The molecule has 1 rings (SSSR count). The lowest BCUT2D eigenvalue weighted by molar-refractivity contribution is 0.178. The molecule has 0 aromatic carbocycles. The number of cyclic esters (lactones) is 1. The molecular weight excluding hydrogens is 174 g/mol. The van der Waals surface area contributed by atoms with Crippen molar-refractivity contribution in [1.29, 1.82) is 0 Å². The molecule has 7 nitrogen and oxygen atoms in total. The first-order chi connectivity index (χ1) is 4.89. The smallest absolute Gasteiger partial charge is 0.407 e. The Morgan fingerprint density at radius 2 is 1.91 bits per heavy atom. The van der Waals surface area contributed by atoms with E-state index in [9.17, 15) is 13.2 Å². The van der Waals surface area contributed by atoms with Gasteiger partial charge in [0.25, 0.3) is 10.2 Å². The monoisotopic (exact) mass is 183 g/mol. The van der Waals surface area contributed by atoms with Gasteiger partial charge in [0, 0.05) is 0 Å². The van der Waals surface area contributed by atoms with Gasteiger partial charge in [-0.15, -0.1) is 0 Å². The Morgan fingerprint density at radius 3 is 2.00 bits per heavy atom. The van der Waals surface area contributed by atoms with Gasteiger partial charge in [-0.3, -0.25) is 0 Å². The van der Waals surface area contributed by atoms with E-state index in [1.165, 1.54) is 0 Å². The molecule has 0 aliphatic carbocycles. The van der Waals surface area contributed by atoms with Gasteiger partial charge in [0.2, 0.25) is 0 Å². The van der Waals surface area contributed by atoms with Crippen LogP contribution in [0, 0.1) is 0 Å². The average molecular weight is 183 g/mol. The molecule has 0 unspecified atom stereocenters. The van der Waals surface area contributed by atoms with Gasteiger partial charge < -0.3 is 10.1 Å². The number of hydrogen-bond donors (Lipinski definition) is 3. The van der Waals surface area contributed by atoms with E-state index < -0.39 is 10.2 Å². The van der Waals surface area contributed by atoms with Crippen molar-refractivity contribution in [3.05, 3.63) is 0 Å². The van der Waals surface area contributed by atoms with Crippen molar-refractivity contribution < 1.29 is 17.9 Å². The molecule has 0 atom stereocenters. The minimum absolute atomic E-state index is 0.296. The Labute approximate surface area is 63.9 Å². The van der Waals surface area contributed by atoms with Crippen molar-refractivity contribution in [2.75, 3.05) is 13.2 Å². The summed E-state index contributed by atoms with van der Waals surface area (Å²) in [6.07, 6.45) is -0.296. The summed E-state index contributed by atoms with van der Waals surface area (Å²) in [6, 6.07) is 0. The zero-order valence-corrected chi connectivity index (χ0v) is 6.43. The number of ether oxygens (including phenoxy) is 1. The largest absolute Gasteiger partial charge is 0.448 e. The van der Waals surface area contributed by atoms with Gasteiger partial charge >= 0.3 is 6.09 Å². The van der Waals surface area contributed by atoms with E-state index in [0.29, 0.717) is 13.2 Å². The normalized spacial score (nSPS) is 16.0. The van der Waals surface area contributed by atoms with Crippen LogP contribution in [-0.4, -0.2) is 27.7 Å². The van der Waals surface area contributed by atoms with Crippen molar-refractivity contribution in [3.63, 3.8) is 0 Å². The van der Waals surface area contributed by atoms with Gasteiger partial charge in [-0.1, -0.05) is 0 Å². The van der Waals surface area contributed by atoms with E-state index in [1.54, 1.807) is 0 Å². The van der Waals surface area contributed by atoms with Crippen molar-refractivity contribution in [3.8, 4) is 0 Å². The molecule has 0 aromatic heterocycles. The summed E-state index contributed by atoms with van der Waals surface area (Å²) in [5, 5.41) is 10.7. The molecule has 8 heteroatoms. The fourth-order valence-electron chi connectivity index (χ4n) is 0.348. The third-order valence-corrected chi connectivity index (χ3v) is 0.605. The van der Waals surface area contributed by atoms with E-state index >= 15 is 0 Å². The highest BCUT2D eigenvalue weighted by molar-refractivity contribution is 7.86. The van der Waals surface area contributed by atoms with E-state index in [0.717, 1.165) is 0 Å². The molecule has 1 amide bonds. The van der Waals surface area contributed by atoms with Crippen molar-refractivity contribution in [1.82, 2.24) is 5.32 Å². The second kappa shape index (κ2) is 4.11. The Balaban J connectivity index is 0.000000187. The lowest BCUT2D eigenvalue weighted by Gasteiger charge is -1.80. The minimum atomic E-state index is -3.67. The van der Waals surface area contributed by atoms with Gasteiger partial charge in [-0.2, -0.15) is 8.42 Å². The third kappa shape index (κ3) is 12.4. The molecule has 1 heterocycles. The highest BCUT2D eigenvalue weighted by Crippen LogP contribution is 1.82. The van der Waals surface area contributed by atoms with Crippen LogP contribution < -0.4 is 15.6 Å². The molecule has 66 valence electrons. The van der Waals surface area contributed by atoms with Crippen LogP contribution in [0.25, 0.3) is 0 Å². The van der Waals surface area contributed by atoms with E-state index in [1.807, 2.05) is 0 Å². The Hall–Kier alpha value is -0.860. The number of nitrogens with two attached hydrogens (primary N) is 2. The molecule has 11 heavy (non-hydrogen) atoms. The van der Waals surface area contributed by atoms with Gasteiger partial charge in [0.05, 0.1) is 6.54 Å². The van der Waals surface area contributed by atoms with Gasteiger partial charge in [-0.05, 0) is 0 Å². The summed E-state index contributed by atoms with van der Waals surface area (Å²) in [7, 11) is -3.67. The number of rotatable bonds is 0. The van der Waals surface area contributed by atoms with Crippen LogP contribution in [0.15, 0.2) is 0 Å². The van der Waals surface area contributed by atoms with E-state index in [4.69, 9.17) is 0 Å². The maximum absolute atomic E-state index is 9.91. The fourth-order valence-corrected chi connectivity index (χ4v) is 0.348. The Morgan fingerprint density at radius 1 is 1.45 bits per heavy atom. The highest BCUT2D eigenvalue weighted by atomic mass is 32.2. The van der Waals surface area contributed by atoms with Crippen molar-refractivity contribution >= 4 is 16.3 Å². The number of nitrogens with one attached hydrogen (secondary N) is 1. The van der Waals surface area contributed by atoms with Crippen LogP contribution in [-0.2, 0) is 14.9 Å². The second-order valence-electron chi connectivity index (χ2n) is 1.65. The lowest BCUT2D eigenvalue weighted by atomic mass is 10.7. The molecule has 1 aliphatic heterocycles. The molecule has 0 bridgehead atoms. The number of carbonyl (C=O) groups excluding carboxylic acids is 1. The molecule has 1 fully saturated rings. The second-order valence-corrected chi connectivity index (χ2v) is 2.83. The van der Waals surface area contributed by atoms with Crippen molar-refractivity contribution in [2.24, 2.45) is 10.3 Å². The molecule has 0 radical (unpaired) electrons. The average Bonchev–Trinajstić information content (AvgIpc) is 2.12. The van der Waals surface area contributed by atoms with Crippen LogP contribution in [0.5, 0.6) is 0 Å². The molecule has 5 N–H and O–H groups in total. The summed E-state index contributed by atoms with van der Waals surface area (Å²) in [4.78, 5) is 9.91. The van der Waals surface area contributed by atoms with Crippen LogP contribution in [0.3, 0.4) is 0 Å². The molecule has 0 saturated carbocycles. The lowest BCUT2D eigenvalue weighted by Crippen LogP contribution is -2.21. The van der Waals surface area contributed by atoms with Gasteiger partial charge in [-0.25, -0.2) is 15.1 Å². The highest BCUT2D eigenvalue weighted by Gasteiger charge is 2.06. The van der Waals surface area contributed by atoms with Crippen molar-refractivity contribution in [2.45, 2.75) is 0 Å². The van der Waals surface area contributed by atoms with Crippen LogP contribution in [0.4, 0.5) is 4.79 Å². The third-order valence-electron chi connectivity index (χ3n) is 0.605. The quantitative estimate of drug-likeness (QED) is 0.397. The summed E-state index contributed by atoms with van der Waals surface area (Å²) < 4.78 is 22.8. The number of amides is 1. The summed E-state index contributed by atoms with van der Waals surface area (Å²) in [5.74, 6) is 0. The SMILES string of the molecule is NS(N)(=O)=O.O=C1NCCO1. The zero-order valence-electron chi connectivity index (χ0n) is 5.61. The fraction of sp³-hybridized carbons (Fsp3) is 0.667. The molecule has 1 saturated heterocycles. The van der Waals surface area contributed by atoms with Gasteiger partial charge in [0.15, 0.2) is 0 Å². The maximum atomic E-state index is 9.91. The van der Waals surface area contributed by atoms with Crippen LogP contribution in [0.2, 0.25) is 0 Å². The maximum Gasteiger partial charge on any atom is 0.407 e. The van der Waals surface area contributed by atoms with E-state index in [2.05, 4.69) is 20.3 Å². The summed E-state index contributed by atoms with van der Waals surface area (Å²) in [5.41, 5.74) is 0. The predicted molar refractivity (Wildman–Crippen MR) is 36.6 cm³/mol. The Kier molecular flexibility index (Phi) is 3.79. The summed E-state index contributed by atoms with van der Waals surface area (Å²) in [6.45, 7) is 1.19. The first-order valence-corrected chi connectivity index (χ1v) is 4.21. The molecular formula is C3H9N3O4S. The molecule has 1 aliphatic rings. The number of alkyl carbamates (subject to hydrolysis) is 1. The standard InChI is InChI=1S/C3H5NO2.H4N2O2S/c5-3-4-1-2-6-3;1-5(2,3)4/h1-2H2,(H,4,5);(H4,1,2,3,4). The topological polar surface area (TPSA) is 125 Å². The van der Waals surface area contributed by atoms with Crippen LogP contribution >= 0.6 is 0 Å². The van der Waals surface area contributed by atoms with Gasteiger partial charge in [0.1, 0.15) is 6.61 Å². The van der Waals surface area contributed by atoms with Crippen LogP contribution in [0.1, 0.15) is 0 Å². The number of carbonyl (C=O) groups is 1. The minimum Gasteiger partial charge on any atom is -0.448 e. The van der Waals surface area contributed by atoms with E-state index in [-0.39, 0.29) is 6.09 Å². The Bertz CT molecular complexity index is 207. The summed E-state index contributed by atoms with van der Waals surface area (Å²) >= 11 is 0.